The topological polar surface area (TPSA) is 82.9 Å². The van der Waals surface area contributed by atoms with Gasteiger partial charge in [-0.15, -0.1) is 11.3 Å². The van der Waals surface area contributed by atoms with Crippen molar-refractivity contribution < 1.29 is 13.2 Å². The highest BCUT2D eigenvalue weighted by atomic mass is 32.2. The number of thiazole rings is 1. The lowest BCUT2D eigenvalue weighted by molar-refractivity contribution is 0.0833. The number of amides is 1. The van der Waals surface area contributed by atoms with Gasteiger partial charge in [-0.3, -0.25) is 14.7 Å². The molecule has 1 aromatic carbocycles. The molecule has 1 aromatic heterocycles. The molecule has 0 saturated heterocycles. The normalized spacial score (nSPS) is 19.1. The number of carbonyl (C=O) groups excluding carboxylic acids is 1. The summed E-state index contributed by atoms with van der Waals surface area (Å²) in [6, 6.07) is 4.93. The lowest BCUT2D eigenvalue weighted by atomic mass is 10.1. The molecule has 1 atom stereocenters. The SMILES string of the molecule is CC[C@H]1CN=C2N(Cc3cnc(C)s3)C(=O)c3cc(S(C)(=O)=O)ccc3N21. The van der Waals surface area contributed by atoms with Crippen LogP contribution in [0.25, 0.3) is 0 Å². The molecule has 9 heteroatoms. The number of fused-ring (bicyclic) bond motifs is 3. The van der Waals surface area contributed by atoms with Crippen molar-refractivity contribution in [3.8, 4) is 0 Å². The summed E-state index contributed by atoms with van der Waals surface area (Å²) in [5.41, 5.74) is 1.13. The Kier molecular flexibility index (Phi) is 4.31. The van der Waals surface area contributed by atoms with Gasteiger partial charge in [0.2, 0.25) is 5.96 Å². The van der Waals surface area contributed by atoms with Crippen molar-refractivity contribution in [2.24, 2.45) is 4.99 Å². The molecular weight excluding hydrogens is 384 g/mol. The summed E-state index contributed by atoms with van der Waals surface area (Å²) in [6.45, 7) is 5.00. The van der Waals surface area contributed by atoms with Crippen LogP contribution >= 0.6 is 11.3 Å². The van der Waals surface area contributed by atoms with E-state index in [1.807, 2.05) is 6.92 Å². The molecule has 1 amide bonds. The van der Waals surface area contributed by atoms with Gasteiger partial charge in [0.15, 0.2) is 9.84 Å². The number of aliphatic imine (C=N–C) groups is 1. The van der Waals surface area contributed by atoms with Crippen molar-refractivity contribution in [1.82, 2.24) is 9.88 Å². The number of carbonyl (C=O) groups is 1. The fourth-order valence-electron chi connectivity index (χ4n) is 3.48. The third-order valence-electron chi connectivity index (χ3n) is 4.85. The number of aromatic nitrogens is 1. The first-order valence-corrected chi connectivity index (χ1v) is 11.4. The molecule has 2 aromatic rings. The molecule has 3 heterocycles. The Bertz CT molecular complexity index is 1060. The molecule has 0 bridgehead atoms. The van der Waals surface area contributed by atoms with Crippen LogP contribution in [0.2, 0.25) is 0 Å². The highest BCUT2D eigenvalue weighted by molar-refractivity contribution is 7.90. The molecule has 0 aliphatic carbocycles. The van der Waals surface area contributed by atoms with E-state index in [-0.39, 0.29) is 16.8 Å². The van der Waals surface area contributed by atoms with Crippen molar-refractivity contribution >= 4 is 38.7 Å². The number of anilines is 1. The Morgan fingerprint density at radius 2 is 2.11 bits per heavy atom. The first kappa shape index (κ1) is 18.1. The summed E-state index contributed by atoms with van der Waals surface area (Å²) >= 11 is 1.54. The first-order chi connectivity index (χ1) is 12.8. The van der Waals surface area contributed by atoms with E-state index in [0.717, 1.165) is 28.2 Å². The summed E-state index contributed by atoms with van der Waals surface area (Å²) < 4.78 is 24.0. The van der Waals surface area contributed by atoms with Gasteiger partial charge in [0.1, 0.15) is 0 Å². The van der Waals surface area contributed by atoms with E-state index in [1.54, 1.807) is 23.2 Å². The zero-order chi connectivity index (χ0) is 19.3. The van der Waals surface area contributed by atoms with Crippen LogP contribution in [0.1, 0.15) is 33.6 Å². The van der Waals surface area contributed by atoms with Crippen LogP contribution in [-0.2, 0) is 16.4 Å². The number of nitrogens with zero attached hydrogens (tertiary/aromatic N) is 4. The van der Waals surface area contributed by atoms with E-state index in [4.69, 9.17) is 0 Å². The zero-order valence-corrected chi connectivity index (χ0v) is 17.0. The van der Waals surface area contributed by atoms with Gasteiger partial charge in [-0.05, 0) is 31.5 Å². The molecule has 142 valence electrons. The van der Waals surface area contributed by atoms with Crippen LogP contribution in [-0.4, -0.2) is 49.0 Å². The van der Waals surface area contributed by atoms with Crippen LogP contribution in [0.15, 0.2) is 34.3 Å². The average molecular weight is 405 g/mol. The smallest absolute Gasteiger partial charge is 0.263 e. The monoisotopic (exact) mass is 404 g/mol. The molecule has 2 aliphatic heterocycles. The third kappa shape index (κ3) is 3.04. The predicted octanol–water partition coefficient (Wildman–Crippen LogP) is 2.47. The number of hydrogen-bond acceptors (Lipinski definition) is 7. The van der Waals surface area contributed by atoms with Crippen LogP contribution in [0.5, 0.6) is 0 Å². The molecule has 0 saturated carbocycles. The van der Waals surface area contributed by atoms with Crippen molar-refractivity contribution in [2.75, 3.05) is 17.7 Å². The number of benzene rings is 1. The second kappa shape index (κ2) is 6.42. The predicted molar refractivity (Wildman–Crippen MR) is 105 cm³/mol. The number of hydrogen-bond donors (Lipinski definition) is 0. The Morgan fingerprint density at radius 1 is 1.33 bits per heavy atom. The summed E-state index contributed by atoms with van der Waals surface area (Å²) in [5.74, 6) is 0.408. The highest BCUT2D eigenvalue weighted by Gasteiger charge is 2.41. The Hall–Kier alpha value is -2.26. The van der Waals surface area contributed by atoms with Crippen LogP contribution in [0, 0.1) is 6.92 Å². The Balaban J connectivity index is 1.83. The Morgan fingerprint density at radius 3 is 2.74 bits per heavy atom. The maximum atomic E-state index is 13.3. The second-order valence-corrected chi connectivity index (χ2v) is 10.1. The minimum Gasteiger partial charge on any atom is -0.306 e. The average Bonchev–Trinajstić information content (AvgIpc) is 3.23. The molecule has 27 heavy (non-hydrogen) atoms. The van der Waals surface area contributed by atoms with Crippen LogP contribution < -0.4 is 4.90 Å². The lowest BCUT2D eigenvalue weighted by Crippen LogP contribution is -2.52. The molecule has 2 aliphatic rings. The van der Waals surface area contributed by atoms with Crippen LogP contribution in [0.4, 0.5) is 5.69 Å². The maximum absolute atomic E-state index is 13.3. The molecule has 4 rings (SSSR count). The van der Waals surface area contributed by atoms with E-state index < -0.39 is 9.84 Å². The van der Waals surface area contributed by atoms with Crippen molar-refractivity contribution in [3.05, 3.63) is 39.8 Å². The number of sulfone groups is 1. The zero-order valence-electron chi connectivity index (χ0n) is 15.3. The standard InChI is InChI=1S/C18H20N4O3S2/c1-4-12-8-20-18-21(10-13-9-19-11(2)26-13)17(23)15-7-14(27(3,24)25)5-6-16(15)22(12)18/h5-7,9,12H,4,8,10H2,1-3H3/t12-/m0/s1. The van der Waals surface area contributed by atoms with Gasteiger partial charge in [0.05, 0.1) is 40.3 Å². The van der Waals surface area contributed by atoms with Gasteiger partial charge in [0, 0.05) is 17.3 Å². The molecule has 0 spiro atoms. The molecule has 7 nitrogen and oxygen atoms in total. The van der Waals surface area contributed by atoms with E-state index in [0.29, 0.717) is 24.6 Å². The summed E-state index contributed by atoms with van der Waals surface area (Å²) in [7, 11) is -3.40. The number of guanidine groups is 1. The van der Waals surface area contributed by atoms with E-state index in [9.17, 15) is 13.2 Å². The number of aryl methyl sites for hydroxylation is 1. The third-order valence-corrected chi connectivity index (χ3v) is 6.86. The van der Waals surface area contributed by atoms with E-state index >= 15 is 0 Å². The van der Waals surface area contributed by atoms with Crippen LogP contribution in [0.3, 0.4) is 0 Å². The van der Waals surface area contributed by atoms with Crippen molar-refractivity contribution in [2.45, 2.75) is 37.8 Å². The maximum Gasteiger partial charge on any atom is 0.263 e. The highest BCUT2D eigenvalue weighted by Crippen LogP contribution is 2.36. The van der Waals surface area contributed by atoms with Gasteiger partial charge >= 0.3 is 0 Å². The minimum absolute atomic E-state index is 0.149. The van der Waals surface area contributed by atoms with Gasteiger partial charge in [0.25, 0.3) is 5.91 Å². The summed E-state index contributed by atoms with van der Waals surface area (Å²) in [5, 5.41) is 0.936. The fourth-order valence-corrected chi connectivity index (χ4v) is 4.91. The van der Waals surface area contributed by atoms with Crippen molar-refractivity contribution in [1.29, 1.82) is 0 Å². The van der Waals surface area contributed by atoms with Gasteiger partial charge in [-0.1, -0.05) is 6.92 Å². The van der Waals surface area contributed by atoms with Gasteiger partial charge in [-0.25, -0.2) is 13.4 Å². The Labute approximate surface area is 162 Å². The van der Waals surface area contributed by atoms with Crippen molar-refractivity contribution in [3.63, 3.8) is 0 Å². The molecule has 0 N–H and O–H groups in total. The summed E-state index contributed by atoms with van der Waals surface area (Å²) in [6.07, 6.45) is 3.80. The molecule has 0 unspecified atom stereocenters. The first-order valence-electron chi connectivity index (χ1n) is 8.70. The number of rotatable bonds is 4. The van der Waals surface area contributed by atoms with Gasteiger partial charge < -0.3 is 4.90 Å². The second-order valence-electron chi connectivity index (χ2n) is 6.76. The molecular formula is C18H20N4O3S2. The molecule has 0 radical (unpaired) electrons. The lowest BCUT2D eigenvalue weighted by Gasteiger charge is -2.38. The quantitative estimate of drug-likeness (QED) is 0.782. The summed E-state index contributed by atoms with van der Waals surface area (Å²) in [4.78, 5) is 27.0. The van der Waals surface area contributed by atoms with E-state index in [1.165, 1.54) is 17.4 Å². The van der Waals surface area contributed by atoms with E-state index in [2.05, 4.69) is 21.8 Å². The molecule has 0 fully saturated rings. The minimum atomic E-state index is -3.40. The van der Waals surface area contributed by atoms with Gasteiger partial charge in [-0.2, -0.15) is 0 Å². The fraction of sp³-hybridized carbons (Fsp3) is 0.389. The largest absolute Gasteiger partial charge is 0.306 e.